The number of hydrogen-bond acceptors (Lipinski definition) is 5. The summed E-state index contributed by atoms with van der Waals surface area (Å²) in [6.45, 7) is 3.96. The summed E-state index contributed by atoms with van der Waals surface area (Å²) < 4.78 is 23.2. The van der Waals surface area contributed by atoms with Crippen LogP contribution in [0.5, 0.6) is 0 Å². The topological polar surface area (TPSA) is 90.8 Å². The number of pyridine rings is 1. The fourth-order valence-corrected chi connectivity index (χ4v) is 4.56. The summed E-state index contributed by atoms with van der Waals surface area (Å²) in [7, 11) is -1.14. The summed E-state index contributed by atoms with van der Waals surface area (Å²) in [4.78, 5) is 19.7. The van der Waals surface area contributed by atoms with Crippen LogP contribution in [0.15, 0.2) is 47.5 Å². The third-order valence-electron chi connectivity index (χ3n) is 5.53. The largest absolute Gasteiger partial charge is 0.465 e. The quantitative estimate of drug-likeness (QED) is 0.804. The molecular formula is C21H27N3O4S. The number of hydrogen-bond donors (Lipinski definition) is 1. The molecule has 7 nitrogen and oxygen atoms in total. The number of piperidine rings is 1. The number of likely N-dealkylation sites (tertiary alicyclic amines) is 1. The second kappa shape index (κ2) is 8.51. The highest BCUT2D eigenvalue weighted by atomic mass is 32.2. The summed E-state index contributed by atoms with van der Waals surface area (Å²) in [5.41, 5.74) is 2.74. The molecule has 0 spiro atoms. The van der Waals surface area contributed by atoms with Crippen LogP contribution in [-0.4, -0.2) is 66.8 Å². The fraction of sp³-hybridized carbons (Fsp3) is 0.429. The molecule has 29 heavy (non-hydrogen) atoms. The molecule has 1 saturated heterocycles. The van der Waals surface area contributed by atoms with Crippen molar-refractivity contribution in [2.75, 3.05) is 26.4 Å². The van der Waals surface area contributed by atoms with E-state index in [1.54, 1.807) is 24.3 Å². The minimum Gasteiger partial charge on any atom is -0.465 e. The molecule has 0 aliphatic carbocycles. The Hall–Kier alpha value is -2.45. The van der Waals surface area contributed by atoms with Crippen molar-refractivity contribution in [1.29, 1.82) is 0 Å². The second-order valence-electron chi connectivity index (χ2n) is 7.83. The summed E-state index contributed by atoms with van der Waals surface area (Å²) in [5, 5.41) is 9.17. The molecule has 2 aromatic rings. The zero-order chi connectivity index (χ0) is 21.2. The van der Waals surface area contributed by atoms with Crippen LogP contribution < -0.4 is 0 Å². The highest BCUT2D eigenvalue weighted by molar-refractivity contribution is 7.90. The SMILES string of the molecule is C[C@H]1CN(C(=O)O)CC[C@@H]1N(C)Cc1ccc(-c2ccc(S(C)(=O)=O)cc2)nc1. The van der Waals surface area contributed by atoms with E-state index in [9.17, 15) is 13.2 Å². The Balaban J connectivity index is 1.64. The molecule has 2 heterocycles. The number of benzene rings is 1. The van der Waals surface area contributed by atoms with Gasteiger partial charge in [-0.2, -0.15) is 0 Å². The molecule has 2 atom stereocenters. The van der Waals surface area contributed by atoms with E-state index in [0.717, 1.165) is 29.8 Å². The van der Waals surface area contributed by atoms with Crippen LogP contribution in [0.4, 0.5) is 4.79 Å². The average Bonchev–Trinajstić information content (AvgIpc) is 2.67. The Morgan fingerprint density at radius 3 is 2.45 bits per heavy atom. The smallest absolute Gasteiger partial charge is 0.407 e. The minimum absolute atomic E-state index is 0.269. The van der Waals surface area contributed by atoms with Gasteiger partial charge in [-0.1, -0.05) is 25.1 Å². The molecule has 0 bridgehead atoms. The molecule has 1 aromatic carbocycles. The normalized spacial score (nSPS) is 20.1. The third kappa shape index (κ3) is 5.13. The molecule has 1 amide bonds. The lowest BCUT2D eigenvalue weighted by Crippen LogP contribution is -2.50. The number of carbonyl (C=O) groups is 1. The minimum atomic E-state index is -3.21. The van der Waals surface area contributed by atoms with Crippen LogP contribution in [0.25, 0.3) is 11.3 Å². The number of nitrogens with zero attached hydrogens (tertiary/aromatic N) is 3. The Morgan fingerprint density at radius 2 is 1.93 bits per heavy atom. The summed E-state index contributed by atoms with van der Waals surface area (Å²) in [6, 6.07) is 11.0. The van der Waals surface area contributed by atoms with Crippen LogP contribution in [0.2, 0.25) is 0 Å². The van der Waals surface area contributed by atoms with Gasteiger partial charge in [-0.3, -0.25) is 9.88 Å². The standard InChI is InChI=1S/C21H27N3O4S/c1-15-13-24(21(25)26)11-10-20(15)23(2)14-16-4-9-19(22-12-16)17-5-7-18(8-6-17)29(3,27)28/h4-9,12,15,20H,10-11,13-14H2,1-3H3,(H,25,26)/t15-,20-/m0/s1. The van der Waals surface area contributed by atoms with Crippen molar-refractivity contribution in [3.63, 3.8) is 0 Å². The van der Waals surface area contributed by atoms with Crippen molar-refractivity contribution in [3.8, 4) is 11.3 Å². The van der Waals surface area contributed by atoms with E-state index in [1.165, 1.54) is 11.2 Å². The van der Waals surface area contributed by atoms with E-state index in [4.69, 9.17) is 5.11 Å². The first-order chi connectivity index (χ1) is 13.6. The van der Waals surface area contributed by atoms with Gasteiger partial charge in [0.1, 0.15) is 0 Å². The Labute approximate surface area is 171 Å². The molecule has 1 N–H and O–H groups in total. The van der Waals surface area contributed by atoms with Gasteiger partial charge in [0.2, 0.25) is 0 Å². The van der Waals surface area contributed by atoms with Crippen molar-refractivity contribution in [2.45, 2.75) is 30.8 Å². The van der Waals surface area contributed by atoms with Crippen molar-refractivity contribution < 1.29 is 18.3 Å². The van der Waals surface area contributed by atoms with Gasteiger partial charge in [-0.25, -0.2) is 13.2 Å². The zero-order valence-corrected chi connectivity index (χ0v) is 17.8. The van der Waals surface area contributed by atoms with E-state index >= 15 is 0 Å². The summed E-state index contributed by atoms with van der Waals surface area (Å²) in [5.74, 6) is 0.269. The van der Waals surface area contributed by atoms with Crippen molar-refractivity contribution in [1.82, 2.24) is 14.8 Å². The Bertz CT molecular complexity index is 958. The number of rotatable bonds is 5. The number of amides is 1. The van der Waals surface area contributed by atoms with E-state index in [-0.39, 0.29) is 5.92 Å². The maximum absolute atomic E-state index is 11.6. The van der Waals surface area contributed by atoms with Crippen molar-refractivity contribution >= 4 is 15.9 Å². The molecule has 0 saturated carbocycles. The van der Waals surface area contributed by atoms with E-state index in [2.05, 4.69) is 23.9 Å². The van der Waals surface area contributed by atoms with Crippen LogP contribution in [0.1, 0.15) is 18.9 Å². The van der Waals surface area contributed by atoms with Gasteiger partial charge in [0.25, 0.3) is 0 Å². The van der Waals surface area contributed by atoms with Gasteiger partial charge in [0.15, 0.2) is 9.84 Å². The van der Waals surface area contributed by atoms with Crippen molar-refractivity contribution in [2.24, 2.45) is 5.92 Å². The van der Waals surface area contributed by atoms with Gasteiger partial charge in [-0.05, 0) is 43.1 Å². The molecule has 8 heteroatoms. The number of carboxylic acid groups (broad SMARTS) is 1. The maximum Gasteiger partial charge on any atom is 0.407 e. The molecule has 3 rings (SSSR count). The lowest BCUT2D eigenvalue weighted by atomic mass is 9.92. The lowest BCUT2D eigenvalue weighted by Gasteiger charge is -2.40. The van der Waals surface area contributed by atoms with Crippen LogP contribution in [-0.2, 0) is 16.4 Å². The van der Waals surface area contributed by atoms with Gasteiger partial charge in [-0.15, -0.1) is 0 Å². The Kier molecular flexibility index (Phi) is 6.24. The fourth-order valence-electron chi connectivity index (χ4n) is 3.93. The van der Waals surface area contributed by atoms with Gasteiger partial charge in [0.05, 0.1) is 10.6 Å². The first-order valence-electron chi connectivity index (χ1n) is 9.58. The van der Waals surface area contributed by atoms with Crippen LogP contribution >= 0.6 is 0 Å². The molecule has 1 aliphatic rings. The maximum atomic E-state index is 11.6. The molecule has 1 aliphatic heterocycles. The molecule has 1 aromatic heterocycles. The third-order valence-corrected chi connectivity index (χ3v) is 6.66. The van der Waals surface area contributed by atoms with Gasteiger partial charge >= 0.3 is 6.09 Å². The van der Waals surface area contributed by atoms with Crippen LogP contribution in [0, 0.1) is 5.92 Å². The second-order valence-corrected chi connectivity index (χ2v) is 9.84. The predicted molar refractivity (Wildman–Crippen MR) is 111 cm³/mol. The lowest BCUT2D eigenvalue weighted by molar-refractivity contribution is 0.0703. The number of sulfone groups is 1. The highest BCUT2D eigenvalue weighted by Crippen LogP contribution is 2.24. The molecule has 1 fully saturated rings. The highest BCUT2D eigenvalue weighted by Gasteiger charge is 2.30. The molecule has 0 unspecified atom stereocenters. The summed E-state index contributed by atoms with van der Waals surface area (Å²) in [6.07, 6.45) is 3.01. The zero-order valence-electron chi connectivity index (χ0n) is 16.9. The average molecular weight is 418 g/mol. The van der Waals surface area contributed by atoms with E-state index in [1.807, 2.05) is 18.3 Å². The Morgan fingerprint density at radius 1 is 1.24 bits per heavy atom. The predicted octanol–water partition coefficient (Wildman–Crippen LogP) is 2.97. The first kappa shape index (κ1) is 21.3. The van der Waals surface area contributed by atoms with Crippen LogP contribution in [0.3, 0.4) is 0 Å². The van der Waals surface area contributed by atoms with Gasteiger partial charge < -0.3 is 10.0 Å². The summed E-state index contributed by atoms with van der Waals surface area (Å²) >= 11 is 0. The van der Waals surface area contributed by atoms with Crippen molar-refractivity contribution in [3.05, 3.63) is 48.2 Å². The monoisotopic (exact) mass is 417 g/mol. The molecule has 0 radical (unpaired) electrons. The van der Waals surface area contributed by atoms with E-state index in [0.29, 0.717) is 24.0 Å². The molecule has 156 valence electrons. The first-order valence-corrected chi connectivity index (χ1v) is 11.5. The molecular weight excluding hydrogens is 390 g/mol. The van der Waals surface area contributed by atoms with E-state index < -0.39 is 15.9 Å². The van der Waals surface area contributed by atoms with Gasteiger partial charge in [0, 0.05) is 43.7 Å². The number of aromatic nitrogens is 1.